The van der Waals surface area contributed by atoms with Crippen LogP contribution in [0.5, 0.6) is 0 Å². The lowest BCUT2D eigenvalue weighted by atomic mass is 10.0. The largest absolute Gasteiger partial charge is 0.456 e. The number of para-hydroxylation sites is 1. The summed E-state index contributed by atoms with van der Waals surface area (Å²) in [7, 11) is 0. The zero-order chi connectivity index (χ0) is 20.1. The van der Waals surface area contributed by atoms with E-state index in [0.717, 1.165) is 54.5 Å². The minimum absolute atomic E-state index is 0.132. The number of likely N-dealkylation sites (tertiary alicyclic amines) is 1. The number of carbonyl (C=O) groups is 1. The molecular weight excluding hydrogens is 362 g/mol. The number of fused-ring (bicyclic) bond motifs is 1. The van der Waals surface area contributed by atoms with Crippen molar-refractivity contribution in [2.24, 2.45) is 0 Å². The van der Waals surface area contributed by atoms with Gasteiger partial charge in [0.1, 0.15) is 18.0 Å². The third kappa shape index (κ3) is 4.37. The molecule has 0 N–H and O–H groups in total. The first-order valence-electron chi connectivity index (χ1n) is 10.4. The van der Waals surface area contributed by atoms with Crippen LogP contribution in [-0.4, -0.2) is 23.6 Å². The van der Waals surface area contributed by atoms with Gasteiger partial charge in [-0.1, -0.05) is 61.5 Å². The quantitative estimate of drug-likeness (QED) is 0.504. The monoisotopic (exact) mass is 389 g/mol. The van der Waals surface area contributed by atoms with Crippen LogP contribution in [0.4, 0.5) is 4.79 Å². The Morgan fingerprint density at radius 2 is 1.97 bits per heavy atom. The second-order valence-corrected chi connectivity index (χ2v) is 7.49. The van der Waals surface area contributed by atoms with Crippen LogP contribution in [0, 0.1) is 0 Å². The van der Waals surface area contributed by atoms with E-state index in [4.69, 9.17) is 9.15 Å². The molecule has 2 heterocycles. The second-order valence-electron chi connectivity index (χ2n) is 7.49. The van der Waals surface area contributed by atoms with Gasteiger partial charge < -0.3 is 14.1 Å². The molecule has 3 aromatic rings. The van der Waals surface area contributed by atoms with E-state index < -0.39 is 0 Å². The Morgan fingerprint density at radius 1 is 1.17 bits per heavy atom. The van der Waals surface area contributed by atoms with Crippen molar-refractivity contribution in [1.29, 1.82) is 0 Å². The second kappa shape index (κ2) is 8.99. The van der Waals surface area contributed by atoms with E-state index >= 15 is 0 Å². The molecule has 4 heteroatoms. The van der Waals surface area contributed by atoms with Crippen LogP contribution in [-0.2, 0) is 17.8 Å². The lowest BCUT2D eigenvalue weighted by molar-refractivity contribution is 0.0921. The third-order valence-electron chi connectivity index (χ3n) is 5.49. The van der Waals surface area contributed by atoms with Crippen LogP contribution in [0.25, 0.3) is 17.0 Å². The Morgan fingerprint density at radius 3 is 2.79 bits per heavy atom. The van der Waals surface area contributed by atoms with E-state index in [1.807, 2.05) is 53.4 Å². The fourth-order valence-corrected chi connectivity index (χ4v) is 4.01. The Bertz CT molecular complexity index is 990. The molecule has 4 nitrogen and oxygen atoms in total. The van der Waals surface area contributed by atoms with Gasteiger partial charge >= 0.3 is 6.09 Å². The summed E-state index contributed by atoms with van der Waals surface area (Å²) in [4.78, 5) is 14.6. The van der Waals surface area contributed by atoms with Crippen molar-refractivity contribution in [1.82, 2.24) is 4.90 Å². The van der Waals surface area contributed by atoms with Crippen LogP contribution in [0.3, 0.4) is 0 Å². The van der Waals surface area contributed by atoms with Crippen LogP contribution in [0.1, 0.15) is 43.1 Å². The summed E-state index contributed by atoms with van der Waals surface area (Å²) >= 11 is 0. The van der Waals surface area contributed by atoms with Crippen molar-refractivity contribution in [2.45, 2.75) is 45.3 Å². The summed E-state index contributed by atoms with van der Waals surface area (Å²) in [6, 6.07) is 18.1. The van der Waals surface area contributed by atoms with Crippen molar-refractivity contribution in [3.63, 3.8) is 0 Å². The topological polar surface area (TPSA) is 42.7 Å². The molecule has 1 atom stereocenters. The number of carbonyl (C=O) groups excluding carboxylic acids is 1. The van der Waals surface area contributed by atoms with Gasteiger partial charge in [-0.25, -0.2) is 4.79 Å². The van der Waals surface area contributed by atoms with E-state index in [1.54, 1.807) is 0 Å². The molecule has 0 bridgehead atoms. The maximum atomic E-state index is 12.7. The van der Waals surface area contributed by atoms with Crippen LogP contribution < -0.4 is 0 Å². The fraction of sp³-hybridized carbons (Fsp3) is 0.320. The fourth-order valence-electron chi connectivity index (χ4n) is 4.01. The molecule has 0 spiro atoms. The smallest absolute Gasteiger partial charge is 0.410 e. The molecule has 1 amide bonds. The Labute approximate surface area is 171 Å². The number of hydrogen-bond acceptors (Lipinski definition) is 3. The number of rotatable bonds is 6. The molecule has 2 aromatic carbocycles. The highest BCUT2D eigenvalue weighted by atomic mass is 16.6. The van der Waals surface area contributed by atoms with E-state index in [0.29, 0.717) is 6.61 Å². The summed E-state index contributed by atoms with van der Waals surface area (Å²) in [5.41, 5.74) is 3.08. The van der Waals surface area contributed by atoms with Gasteiger partial charge in [0, 0.05) is 23.5 Å². The maximum absolute atomic E-state index is 12.7. The molecule has 0 saturated carbocycles. The molecule has 1 aromatic heterocycles. The lowest BCUT2D eigenvalue weighted by Crippen LogP contribution is -2.37. The van der Waals surface area contributed by atoms with Gasteiger partial charge in [0.15, 0.2) is 0 Å². The zero-order valence-electron chi connectivity index (χ0n) is 16.8. The van der Waals surface area contributed by atoms with E-state index in [9.17, 15) is 4.79 Å². The molecule has 0 unspecified atom stereocenters. The summed E-state index contributed by atoms with van der Waals surface area (Å²) in [5.74, 6) is 0.901. The van der Waals surface area contributed by atoms with Crippen LogP contribution in [0.2, 0.25) is 0 Å². The van der Waals surface area contributed by atoms with E-state index in [2.05, 4.69) is 25.1 Å². The minimum Gasteiger partial charge on any atom is -0.456 e. The van der Waals surface area contributed by atoms with Crippen molar-refractivity contribution in [3.05, 3.63) is 77.6 Å². The maximum Gasteiger partial charge on any atom is 0.410 e. The number of benzene rings is 2. The first-order chi connectivity index (χ1) is 14.3. The number of amides is 1. The normalized spacial score (nSPS) is 16.7. The highest BCUT2D eigenvalue weighted by Gasteiger charge is 2.31. The predicted octanol–water partition coefficient (Wildman–Crippen LogP) is 6.20. The van der Waals surface area contributed by atoms with Crippen molar-refractivity contribution < 1.29 is 13.9 Å². The summed E-state index contributed by atoms with van der Waals surface area (Å²) in [6.45, 7) is 3.16. The molecule has 1 aliphatic heterocycles. The van der Waals surface area contributed by atoms with Crippen molar-refractivity contribution >= 4 is 23.1 Å². The minimum atomic E-state index is -0.227. The van der Waals surface area contributed by atoms with Gasteiger partial charge in [0.25, 0.3) is 0 Å². The van der Waals surface area contributed by atoms with Gasteiger partial charge in [0.2, 0.25) is 0 Å². The van der Waals surface area contributed by atoms with Gasteiger partial charge in [-0.3, -0.25) is 0 Å². The molecular formula is C25H27NO3. The van der Waals surface area contributed by atoms with Gasteiger partial charge in [-0.15, -0.1) is 0 Å². The first kappa shape index (κ1) is 19.3. The Kier molecular flexibility index (Phi) is 5.99. The van der Waals surface area contributed by atoms with E-state index in [1.165, 1.54) is 5.56 Å². The van der Waals surface area contributed by atoms with E-state index in [-0.39, 0.29) is 12.1 Å². The zero-order valence-corrected chi connectivity index (χ0v) is 16.8. The summed E-state index contributed by atoms with van der Waals surface area (Å²) < 4.78 is 11.7. The third-order valence-corrected chi connectivity index (χ3v) is 5.49. The average Bonchev–Trinajstić information content (AvgIpc) is 3.36. The van der Waals surface area contributed by atoms with Crippen molar-refractivity contribution in [3.8, 4) is 0 Å². The summed E-state index contributed by atoms with van der Waals surface area (Å²) in [6.07, 6.45) is 7.66. The van der Waals surface area contributed by atoms with Gasteiger partial charge in [-0.05, 0) is 43.4 Å². The van der Waals surface area contributed by atoms with Crippen molar-refractivity contribution in [2.75, 3.05) is 6.54 Å². The molecule has 0 radical (unpaired) electrons. The molecule has 0 aliphatic carbocycles. The number of ether oxygens (including phenoxy) is 1. The number of hydrogen-bond donors (Lipinski definition) is 0. The Balaban J connectivity index is 1.51. The predicted molar refractivity (Wildman–Crippen MR) is 116 cm³/mol. The molecule has 4 rings (SSSR count). The molecule has 1 saturated heterocycles. The summed E-state index contributed by atoms with van der Waals surface area (Å²) in [5, 5.41) is 1.13. The van der Waals surface area contributed by atoms with Crippen LogP contribution >= 0.6 is 0 Å². The Hall–Kier alpha value is -3.01. The molecule has 150 valence electrons. The lowest BCUT2D eigenvalue weighted by Gasteiger charge is -2.24. The molecule has 1 fully saturated rings. The number of furan rings is 1. The standard InChI is InChI=1S/C25H27NO3/c1-2-3-14-24-22(21-13-7-8-15-23(21)29-24)17-20-12-9-16-26(20)25(27)28-18-19-10-5-4-6-11-19/h3-8,10-11,13-15,20H,2,9,12,16-18H2,1H3/t20-/m0/s1. The average molecular weight is 389 g/mol. The SMILES string of the molecule is CCC=Cc1oc2ccccc2c1C[C@@H]1CCCN1C(=O)OCc1ccccc1. The highest BCUT2D eigenvalue weighted by Crippen LogP contribution is 2.31. The first-order valence-corrected chi connectivity index (χ1v) is 10.4. The number of allylic oxidation sites excluding steroid dienone is 1. The molecule has 1 aliphatic rings. The molecule has 29 heavy (non-hydrogen) atoms. The van der Waals surface area contributed by atoms with Gasteiger partial charge in [0.05, 0.1) is 0 Å². The highest BCUT2D eigenvalue weighted by molar-refractivity contribution is 5.84. The van der Waals surface area contributed by atoms with Gasteiger partial charge in [-0.2, -0.15) is 0 Å². The number of nitrogens with zero attached hydrogens (tertiary/aromatic N) is 1. The van der Waals surface area contributed by atoms with Crippen LogP contribution in [0.15, 0.2) is 65.1 Å².